The molecule has 0 bridgehead atoms. The van der Waals surface area contributed by atoms with Crippen LogP contribution >= 0.6 is 0 Å². The molecule has 7 heteroatoms. The molecule has 0 atom stereocenters. The number of aromatic nitrogens is 2. The Kier molecular flexibility index (Phi) is 4.14. The number of ether oxygens (including phenoxy) is 1. The van der Waals surface area contributed by atoms with Gasteiger partial charge in [0.2, 0.25) is 0 Å². The molecule has 0 aromatic carbocycles. The van der Waals surface area contributed by atoms with Gasteiger partial charge in [-0.2, -0.15) is 0 Å². The van der Waals surface area contributed by atoms with E-state index < -0.39 is 6.09 Å². The summed E-state index contributed by atoms with van der Waals surface area (Å²) in [6, 6.07) is 0. The second kappa shape index (κ2) is 5.63. The van der Waals surface area contributed by atoms with E-state index in [9.17, 15) is 4.79 Å². The first-order chi connectivity index (χ1) is 7.22. The lowest BCUT2D eigenvalue weighted by Gasteiger charge is -2.06. The van der Waals surface area contributed by atoms with Crippen LogP contribution in [0.25, 0.3) is 0 Å². The van der Waals surface area contributed by atoms with Crippen LogP contribution in [0.3, 0.4) is 0 Å². The fourth-order valence-corrected chi connectivity index (χ4v) is 0.902. The van der Waals surface area contributed by atoms with E-state index in [-0.39, 0.29) is 6.61 Å². The topological polar surface area (TPSA) is 102 Å². The Hall–Kier alpha value is -2.05. The molecule has 4 N–H and O–H groups in total. The summed E-state index contributed by atoms with van der Waals surface area (Å²) in [5.74, 6) is 1.27. The molecule has 7 nitrogen and oxygen atoms in total. The van der Waals surface area contributed by atoms with Crippen molar-refractivity contribution in [2.45, 2.75) is 0 Å². The number of rotatable bonds is 5. The molecular weight excluding hydrogens is 198 g/mol. The molecule has 0 aliphatic heterocycles. The molecule has 0 saturated heterocycles. The maximum absolute atomic E-state index is 10.2. The highest BCUT2D eigenvalue weighted by Crippen LogP contribution is 2.04. The molecule has 0 fully saturated rings. The van der Waals surface area contributed by atoms with E-state index >= 15 is 0 Å². The summed E-state index contributed by atoms with van der Waals surface area (Å²) >= 11 is 0. The molecule has 1 heterocycles. The smallest absolute Gasteiger partial charge is 0.404 e. The lowest BCUT2D eigenvalue weighted by atomic mass is 10.6. The van der Waals surface area contributed by atoms with Crippen molar-refractivity contribution in [1.82, 2.24) is 9.97 Å². The van der Waals surface area contributed by atoms with E-state index in [1.165, 1.54) is 0 Å². The number of amides is 1. The first-order valence-electron chi connectivity index (χ1n) is 4.38. The van der Waals surface area contributed by atoms with Crippen LogP contribution in [0.4, 0.5) is 16.4 Å². The summed E-state index contributed by atoms with van der Waals surface area (Å²) in [7, 11) is 1.75. The Morgan fingerprint density at radius 1 is 1.53 bits per heavy atom. The zero-order chi connectivity index (χ0) is 11.1. The molecule has 82 valence electrons. The number of carbonyl (C=O) groups is 1. The summed E-state index contributed by atoms with van der Waals surface area (Å²) < 4.78 is 4.53. The highest BCUT2D eigenvalue weighted by molar-refractivity contribution is 5.64. The second-order valence-corrected chi connectivity index (χ2v) is 2.63. The molecule has 1 amide bonds. The highest BCUT2D eigenvalue weighted by Gasteiger charge is 1.97. The molecule has 0 aliphatic rings. The van der Waals surface area contributed by atoms with E-state index in [1.807, 2.05) is 0 Å². The number of hydrogen-bond acceptors (Lipinski definition) is 6. The van der Waals surface area contributed by atoms with Crippen LogP contribution in [0, 0.1) is 0 Å². The monoisotopic (exact) mass is 211 g/mol. The van der Waals surface area contributed by atoms with Crippen molar-refractivity contribution in [3.8, 4) is 0 Å². The predicted octanol–water partition coefficient (Wildman–Crippen LogP) is 0.0255. The Morgan fingerprint density at radius 2 is 2.27 bits per heavy atom. The van der Waals surface area contributed by atoms with Crippen LogP contribution in [0.15, 0.2) is 12.4 Å². The second-order valence-electron chi connectivity index (χ2n) is 2.63. The maximum Gasteiger partial charge on any atom is 0.404 e. The number of nitrogens with one attached hydrogen (secondary N) is 2. The quantitative estimate of drug-likeness (QED) is 0.593. The van der Waals surface area contributed by atoms with Gasteiger partial charge in [0.15, 0.2) is 0 Å². The number of hydrogen-bond donors (Lipinski definition) is 3. The van der Waals surface area contributed by atoms with Crippen molar-refractivity contribution in [1.29, 1.82) is 0 Å². The van der Waals surface area contributed by atoms with E-state index in [4.69, 9.17) is 5.73 Å². The molecule has 0 aliphatic carbocycles. The lowest BCUT2D eigenvalue weighted by molar-refractivity contribution is 0.161. The fourth-order valence-electron chi connectivity index (χ4n) is 0.902. The van der Waals surface area contributed by atoms with Crippen LogP contribution in [-0.2, 0) is 4.74 Å². The standard InChI is InChI=1S/C8H13N5O2/c1-10-6-4-11-5-7(13-6)12-2-3-15-8(9)14/h4-5H,2-3H2,1H3,(H2,9,14)(H2,10,12,13). The van der Waals surface area contributed by atoms with Crippen molar-refractivity contribution < 1.29 is 9.53 Å². The normalized spacial score (nSPS) is 9.40. The molecule has 0 unspecified atom stereocenters. The minimum Gasteiger partial charge on any atom is -0.448 e. The maximum atomic E-state index is 10.2. The van der Waals surface area contributed by atoms with Gasteiger partial charge in [-0.1, -0.05) is 0 Å². The summed E-state index contributed by atoms with van der Waals surface area (Å²) in [4.78, 5) is 18.3. The van der Waals surface area contributed by atoms with Gasteiger partial charge in [0.25, 0.3) is 0 Å². The minimum atomic E-state index is -0.785. The molecular formula is C8H13N5O2. The van der Waals surface area contributed by atoms with Gasteiger partial charge in [0.05, 0.1) is 18.9 Å². The van der Waals surface area contributed by atoms with E-state index in [0.29, 0.717) is 18.2 Å². The largest absolute Gasteiger partial charge is 0.448 e. The molecule has 1 aromatic rings. The van der Waals surface area contributed by atoms with Gasteiger partial charge in [0, 0.05) is 7.05 Å². The third-order valence-corrected chi connectivity index (χ3v) is 1.54. The molecule has 0 saturated carbocycles. The zero-order valence-corrected chi connectivity index (χ0v) is 8.36. The van der Waals surface area contributed by atoms with Gasteiger partial charge in [-0.05, 0) is 0 Å². The molecule has 0 spiro atoms. The molecule has 1 rings (SSSR count). The fraction of sp³-hybridized carbons (Fsp3) is 0.375. The van der Waals surface area contributed by atoms with Gasteiger partial charge in [-0.3, -0.25) is 4.98 Å². The van der Waals surface area contributed by atoms with Crippen molar-refractivity contribution in [2.24, 2.45) is 5.73 Å². The number of nitrogens with two attached hydrogens (primary N) is 1. The molecule has 15 heavy (non-hydrogen) atoms. The first kappa shape index (κ1) is 11.0. The van der Waals surface area contributed by atoms with Crippen molar-refractivity contribution in [2.75, 3.05) is 30.8 Å². The van der Waals surface area contributed by atoms with Gasteiger partial charge in [-0.25, -0.2) is 9.78 Å². The summed E-state index contributed by atoms with van der Waals surface area (Å²) in [5, 5.41) is 5.79. The Bertz CT molecular complexity index is 331. The Balaban J connectivity index is 2.33. The van der Waals surface area contributed by atoms with Gasteiger partial charge >= 0.3 is 6.09 Å². The average Bonchev–Trinajstić information content (AvgIpc) is 2.24. The van der Waals surface area contributed by atoms with Crippen LogP contribution in [0.2, 0.25) is 0 Å². The number of carbonyl (C=O) groups excluding carboxylic acids is 1. The van der Waals surface area contributed by atoms with E-state index in [0.717, 1.165) is 0 Å². The van der Waals surface area contributed by atoms with E-state index in [2.05, 4.69) is 25.3 Å². The summed E-state index contributed by atoms with van der Waals surface area (Å²) in [6.07, 6.45) is 2.39. The molecule has 0 radical (unpaired) electrons. The number of nitrogens with zero attached hydrogens (tertiary/aromatic N) is 2. The van der Waals surface area contributed by atoms with Gasteiger partial charge < -0.3 is 21.1 Å². The number of anilines is 2. The highest BCUT2D eigenvalue weighted by atomic mass is 16.5. The van der Waals surface area contributed by atoms with Crippen LogP contribution in [0.5, 0.6) is 0 Å². The first-order valence-corrected chi connectivity index (χ1v) is 4.38. The summed E-state index contributed by atoms with van der Waals surface area (Å²) in [5.41, 5.74) is 4.79. The number of primary amides is 1. The third-order valence-electron chi connectivity index (χ3n) is 1.54. The predicted molar refractivity (Wildman–Crippen MR) is 55.6 cm³/mol. The average molecular weight is 211 g/mol. The van der Waals surface area contributed by atoms with Crippen molar-refractivity contribution in [3.63, 3.8) is 0 Å². The van der Waals surface area contributed by atoms with Crippen molar-refractivity contribution >= 4 is 17.7 Å². The lowest BCUT2D eigenvalue weighted by Crippen LogP contribution is -2.18. The Morgan fingerprint density at radius 3 is 2.93 bits per heavy atom. The molecule has 1 aromatic heterocycles. The van der Waals surface area contributed by atoms with Gasteiger partial charge in [0.1, 0.15) is 18.2 Å². The Labute approximate surface area is 87.0 Å². The SMILES string of the molecule is CNc1cncc(NCCOC(N)=O)n1. The summed E-state index contributed by atoms with van der Waals surface area (Å²) in [6.45, 7) is 0.631. The van der Waals surface area contributed by atoms with Crippen molar-refractivity contribution in [3.05, 3.63) is 12.4 Å². The van der Waals surface area contributed by atoms with Crippen LogP contribution < -0.4 is 16.4 Å². The zero-order valence-electron chi connectivity index (χ0n) is 8.36. The minimum absolute atomic E-state index is 0.195. The van der Waals surface area contributed by atoms with Gasteiger partial charge in [-0.15, -0.1) is 0 Å². The van der Waals surface area contributed by atoms with Crippen LogP contribution in [0.1, 0.15) is 0 Å². The van der Waals surface area contributed by atoms with E-state index in [1.54, 1.807) is 19.4 Å². The third kappa shape index (κ3) is 4.12. The van der Waals surface area contributed by atoms with Crippen LogP contribution in [-0.4, -0.2) is 36.3 Å².